The van der Waals surface area contributed by atoms with Crippen LogP contribution in [0.3, 0.4) is 0 Å². The summed E-state index contributed by atoms with van der Waals surface area (Å²) < 4.78 is 0. The SMILES string of the molecule is CCC1CN(c2nnc(Cl)c(C)c2C)CCN1C. The molecule has 1 aliphatic heterocycles. The highest BCUT2D eigenvalue weighted by Gasteiger charge is 2.25. The molecule has 0 spiro atoms. The third-order valence-corrected chi connectivity index (χ3v) is 4.35. The molecule has 4 nitrogen and oxygen atoms in total. The number of hydrogen-bond acceptors (Lipinski definition) is 4. The highest BCUT2D eigenvalue weighted by atomic mass is 35.5. The lowest BCUT2D eigenvalue weighted by molar-refractivity contribution is 0.212. The lowest BCUT2D eigenvalue weighted by atomic mass is 10.1. The van der Waals surface area contributed by atoms with Crippen molar-refractivity contribution in [2.75, 3.05) is 31.6 Å². The summed E-state index contributed by atoms with van der Waals surface area (Å²) in [6.07, 6.45) is 1.16. The first kappa shape index (κ1) is 13.6. The third kappa shape index (κ3) is 2.45. The lowest BCUT2D eigenvalue weighted by Crippen LogP contribution is -2.51. The van der Waals surface area contributed by atoms with Gasteiger partial charge in [-0.15, -0.1) is 10.2 Å². The first-order valence-corrected chi connectivity index (χ1v) is 6.87. The number of nitrogens with zero attached hydrogens (tertiary/aromatic N) is 4. The summed E-state index contributed by atoms with van der Waals surface area (Å²) in [5.74, 6) is 0.989. The van der Waals surface area contributed by atoms with Crippen molar-refractivity contribution >= 4 is 17.4 Å². The van der Waals surface area contributed by atoms with Crippen molar-refractivity contribution in [2.45, 2.75) is 33.2 Å². The number of rotatable bonds is 2. The van der Waals surface area contributed by atoms with Crippen LogP contribution in [0.2, 0.25) is 5.15 Å². The second kappa shape index (κ2) is 5.41. The van der Waals surface area contributed by atoms with Gasteiger partial charge in [-0.1, -0.05) is 18.5 Å². The van der Waals surface area contributed by atoms with E-state index in [1.54, 1.807) is 0 Å². The van der Waals surface area contributed by atoms with Crippen molar-refractivity contribution in [2.24, 2.45) is 0 Å². The Hall–Kier alpha value is -0.870. The molecule has 2 heterocycles. The van der Waals surface area contributed by atoms with Gasteiger partial charge < -0.3 is 4.90 Å². The lowest BCUT2D eigenvalue weighted by Gasteiger charge is -2.40. The Balaban J connectivity index is 2.25. The van der Waals surface area contributed by atoms with E-state index in [0.29, 0.717) is 11.2 Å². The average Bonchev–Trinajstić information content (AvgIpc) is 2.37. The minimum absolute atomic E-state index is 0.511. The molecule has 0 saturated carbocycles. The molecule has 0 aliphatic carbocycles. The molecule has 1 aromatic heterocycles. The van der Waals surface area contributed by atoms with Gasteiger partial charge in [-0.25, -0.2) is 0 Å². The maximum atomic E-state index is 6.00. The van der Waals surface area contributed by atoms with Crippen LogP contribution in [0.4, 0.5) is 5.82 Å². The predicted octanol–water partition coefficient (Wildman–Crippen LogP) is 2.28. The molecule has 18 heavy (non-hydrogen) atoms. The van der Waals surface area contributed by atoms with E-state index in [0.717, 1.165) is 43.0 Å². The zero-order valence-electron chi connectivity index (χ0n) is 11.6. The van der Waals surface area contributed by atoms with Crippen LogP contribution in [0.25, 0.3) is 0 Å². The van der Waals surface area contributed by atoms with E-state index in [1.807, 2.05) is 6.92 Å². The molecular formula is C13H21ClN4. The van der Waals surface area contributed by atoms with Crippen molar-refractivity contribution in [3.05, 3.63) is 16.3 Å². The summed E-state index contributed by atoms with van der Waals surface area (Å²) in [4.78, 5) is 4.75. The number of anilines is 1. The molecule has 0 amide bonds. The van der Waals surface area contributed by atoms with Crippen LogP contribution in [0.1, 0.15) is 24.5 Å². The monoisotopic (exact) mass is 268 g/mol. The van der Waals surface area contributed by atoms with Crippen molar-refractivity contribution < 1.29 is 0 Å². The highest BCUT2D eigenvalue weighted by molar-refractivity contribution is 6.30. The Morgan fingerprint density at radius 3 is 2.61 bits per heavy atom. The molecule has 1 aliphatic rings. The molecule has 1 saturated heterocycles. The summed E-state index contributed by atoms with van der Waals surface area (Å²) in [6, 6.07) is 0.593. The predicted molar refractivity (Wildman–Crippen MR) is 75.4 cm³/mol. The molecule has 0 aromatic carbocycles. The van der Waals surface area contributed by atoms with Crippen LogP contribution in [0.15, 0.2) is 0 Å². The third-order valence-electron chi connectivity index (χ3n) is 3.99. The number of piperazine rings is 1. The molecule has 0 radical (unpaired) electrons. The fourth-order valence-corrected chi connectivity index (χ4v) is 2.62. The van der Waals surface area contributed by atoms with Crippen LogP contribution >= 0.6 is 11.6 Å². The van der Waals surface area contributed by atoms with Crippen molar-refractivity contribution in [1.29, 1.82) is 0 Å². The number of hydrogen-bond donors (Lipinski definition) is 0. The first-order chi connectivity index (χ1) is 8.54. The van der Waals surface area contributed by atoms with Crippen LogP contribution in [-0.4, -0.2) is 47.8 Å². The summed E-state index contributed by atoms with van der Waals surface area (Å²) in [5, 5.41) is 8.84. The van der Waals surface area contributed by atoms with Gasteiger partial charge in [0.05, 0.1) is 0 Å². The van der Waals surface area contributed by atoms with Gasteiger partial charge in [0.1, 0.15) is 0 Å². The Labute approximate surface area is 114 Å². The standard InChI is InChI=1S/C13H21ClN4/c1-5-11-8-18(7-6-17(11)4)13-10(3)9(2)12(14)15-16-13/h11H,5-8H2,1-4H3. The van der Waals surface area contributed by atoms with Gasteiger partial charge in [0.15, 0.2) is 11.0 Å². The maximum absolute atomic E-state index is 6.00. The van der Waals surface area contributed by atoms with Crippen LogP contribution in [-0.2, 0) is 0 Å². The second-order valence-corrected chi connectivity index (χ2v) is 5.41. The molecule has 1 aromatic rings. The van der Waals surface area contributed by atoms with E-state index in [2.05, 4.69) is 40.9 Å². The molecule has 1 atom stereocenters. The van der Waals surface area contributed by atoms with E-state index in [1.165, 1.54) is 0 Å². The van der Waals surface area contributed by atoms with E-state index in [4.69, 9.17) is 11.6 Å². The summed E-state index contributed by atoms with van der Waals surface area (Å²) >= 11 is 6.00. The first-order valence-electron chi connectivity index (χ1n) is 6.49. The summed E-state index contributed by atoms with van der Waals surface area (Å²) in [7, 11) is 2.19. The van der Waals surface area contributed by atoms with Crippen LogP contribution in [0.5, 0.6) is 0 Å². The summed E-state index contributed by atoms with van der Waals surface area (Å²) in [5.41, 5.74) is 2.18. The molecule has 0 bridgehead atoms. The molecular weight excluding hydrogens is 248 g/mol. The quantitative estimate of drug-likeness (QED) is 0.824. The Kier molecular flexibility index (Phi) is 4.07. The molecule has 1 unspecified atom stereocenters. The number of likely N-dealkylation sites (N-methyl/N-ethyl adjacent to an activating group) is 1. The zero-order valence-corrected chi connectivity index (χ0v) is 12.3. The summed E-state index contributed by atoms with van der Waals surface area (Å²) in [6.45, 7) is 9.40. The molecule has 0 N–H and O–H groups in total. The average molecular weight is 269 g/mol. The van der Waals surface area contributed by atoms with Crippen LogP contribution < -0.4 is 4.90 Å². The van der Waals surface area contributed by atoms with Crippen molar-refractivity contribution in [3.8, 4) is 0 Å². The Morgan fingerprint density at radius 1 is 1.22 bits per heavy atom. The van der Waals surface area contributed by atoms with Gasteiger partial charge in [0.2, 0.25) is 0 Å². The second-order valence-electron chi connectivity index (χ2n) is 5.05. The normalized spacial score (nSPS) is 21.4. The van der Waals surface area contributed by atoms with Gasteiger partial charge in [-0.3, -0.25) is 4.90 Å². The van der Waals surface area contributed by atoms with Gasteiger partial charge in [-0.05, 0) is 38.4 Å². The van der Waals surface area contributed by atoms with Gasteiger partial charge >= 0.3 is 0 Å². The smallest absolute Gasteiger partial charge is 0.155 e. The largest absolute Gasteiger partial charge is 0.352 e. The van der Waals surface area contributed by atoms with Crippen molar-refractivity contribution in [1.82, 2.24) is 15.1 Å². The van der Waals surface area contributed by atoms with Gasteiger partial charge in [0, 0.05) is 25.7 Å². The van der Waals surface area contributed by atoms with E-state index in [-0.39, 0.29) is 0 Å². The fraction of sp³-hybridized carbons (Fsp3) is 0.692. The van der Waals surface area contributed by atoms with Gasteiger partial charge in [0.25, 0.3) is 0 Å². The minimum atomic E-state index is 0.511. The maximum Gasteiger partial charge on any atom is 0.155 e. The van der Waals surface area contributed by atoms with E-state index >= 15 is 0 Å². The molecule has 1 fully saturated rings. The minimum Gasteiger partial charge on any atom is -0.352 e. The van der Waals surface area contributed by atoms with Crippen molar-refractivity contribution in [3.63, 3.8) is 0 Å². The topological polar surface area (TPSA) is 32.3 Å². The van der Waals surface area contributed by atoms with Gasteiger partial charge in [-0.2, -0.15) is 0 Å². The fourth-order valence-electron chi connectivity index (χ4n) is 2.44. The molecule has 5 heteroatoms. The zero-order chi connectivity index (χ0) is 13.3. The van der Waals surface area contributed by atoms with Crippen LogP contribution in [0, 0.1) is 13.8 Å². The Bertz CT molecular complexity index is 435. The Morgan fingerprint density at radius 2 is 1.94 bits per heavy atom. The van der Waals surface area contributed by atoms with E-state index in [9.17, 15) is 0 Å². The molecule has 100 valence electrons. The number of aromatic nitrogens is 2. The highest BCUT2D eigenvalue weighted by Crippen LogP contribution is 2.25. The number of halogens is 1. The molecule has 2 rings (SSSR count). The van der Waals surface area contributed by atoms with E-state index < -0.39 is 0 Å².